The molecular formula is C7H10F5O4P. The maximum absolute atomic E-state index is 12.5. The van der Waals surface area contributed by atoms with E-state index in [1.807, 2.05) is 0 Å². The molecule has 0 aromatic carbocycles. The number of phosphoric acid groups is 1. The summed E-state index contributed by atoms with van der Waals surface area (Å²) in [5, 5.41) is 0. The van der Waals surface area contributed by atoms with Gasteiger partial charge in [0.2, 0.25) is 0 Å². The smallest absolute Gasteiger partial charge is 0.287 e. The van der Waals surface area contributed by atoms with E-state index in [1.165, 1.54) is 0 Å². The van der Waals surface area contributed by atoms with Crippen molar-refractivity contribution in [2.24, 2.45) is 0 Å². The largest absolute Gasteiger partial charge is 0.474 e. The minimum Gasteiger partial charge on any atom is -0.287 e. The van der Waals surface area contributed by atoms with E-state index in [0.717, 1.165) is 0 Å². The Bertz CT molecular complexity index is 293. The summed E-state index contributed by atoms with van der Waals surface area (Å²) in [7, 11) is -4.30. The summed E-state index contributed by atoms with van der Waals surface area (Å²) in [5.41, 5.74) is 0. The fraction of sp³-hybridized carbons (Fsp3) is 1.00. The molecule has 0 amide bonds. The van der Waals surface area contributed by atoms with Crippen LogP contribution in [0.15, 0.2) is 0 Å². The van der Waals surface area contributed by atoms with Gasteiger partial charge in [0.05, 0.1) is 13.2 Å². The molecule has 1 fully saturated rings. The molecule has 0 unspecified atom stereocenters. The summed E-state index contributed by atoms with van der Waals surface area (Å²) in [4.78, 5) is 0. The molecule has 0 aliphatic carbocycles. The number of hydrogen-bond acceptors (Lipinski definition) is 4. The van der Waals surface area contributed by atoms with Gasteiger partial charge in [-0.1, -0.05) is 0 Å². The van der Waals surface area contributed by atoms with E-state index in [2.05, 4.69) is 13.6 Å². The van der Waals surface area contributed by atoms with Crippen molar-refractivity contribution in [1.29, 1.82) is 0 Å². The Morgan fingerprint density at radius 3 is 1.94 bits per heavy atom. The molecule has 102 valence electrons. The summed E-state index contributed by atoms with van der Waals surface area (Å²) >= 11 is 0. The van der Waals surface area contributed by atoms with Crippen LogP contribution in [-0.2, 0) is 18.1 Å². The molecule has 4 nitrogen and oxygen atoms in total. The van der Waals surface area contributed by atoms with Crippen LogP contribution in [0.1, 0.15) is 12.8 Å². The second kappa shape index (κ2) is 5.17. The fourth-order valence-corrected chi connectivity index (χ4v) is 2.16. The highest BCUT2D eigenvalue weighted by Crippen LogP contribution is 2.52. The van der Waals surface area contributed by atoms with Gasteiger partial charge in [0.25, 0.3) is 0 Å². The molecule has 1 rings (SSSR count). The van der Waals surface area contributed by atoms with Crippen LogP contribution in [0.2, 0.25) is 0 Å². The normalized spacial score (nSPS) is 22.2. The first-order valence-electron chi connectivity index (χ1n) is 4.64. The van der Waals surface area contributed by atoms with Crippen LogP contribution >= 0.6 is 7.82 Å². The average molecular weight is 284 g/mol. The monoisotopic (exact) mass is 284 g/mol. The van der Waals surface area contributed by atoms with Crippen molar-refractivity contribution >= 4 is 7.82 Å². The van der Waals surface area contributed by atoms with Gasteiger partial charge in [0, 0.05) is 0 Å². The van der Waals surface area contributed by atoms with Gasteiger partial charge in [-0.05, 0) is 12.8 Å². The molecule has 0 bridgehead atoms. The highest BCUT2D eigenvalue weighted by Gasteiger charge is 2.58. The minimum absolute atomic E-state index is 0.0745. The van der Waals surface area contributed by atoms with Gasteiger partial charge in [0.1, 0.15) is 6.61 Å². The molecule has 1 saturated heterocycles. The number of alkyl halides is 5. The molecular weight excluding hydrogens is 274 g/mol. The minimum atomic E-state index is -5.77. The Morgan fingerprint density at radius 2 is 1.53 bits per heavy atom. The van der Waals surface area contributed by atoms with E-state index < -0.39 is 26.5 Å². The average Bonchev–Trinajstić information content (AvgIpc) is 2.40. The lowest BCUT2D eigenvalue weighted by atomic mass is 10.3. The summed E-state index contributed by atoms with van der Waals surface area (Å²) < 4.78 is 84.8. The van der Waals surface area contributed by atoms with Crippen molar-refractivity contribution in [3.63, 3.8) is 0 Å². The third kappa shape index (κ3) is 4.17. The molecule has 1 aliphatic heterocycles. The lowest BCUT2D eigenvalue weighted by Gasteiger charge is -2.21. The third-order valence-corrected chi connectivity index (χ3v) is 3.30. The van der Waals surface area contributed by atoms with E-state index in [9.17, 15) is 26.5 Å². The van der Waals surface area contributed by atoms with Gasteiger partial charge in [-0.3, -0.25) is 13.6 Å². The van der Waals surface area contributed by atoms with Crippen molar-refractivity contribution in [2.45, 2.75) is 24.9 Å². The maximum Gasteiger partial charge on any atom is 0.474 e. The van der Waals surface area contributed by atoms with Crippen LogP contribution < -0.4 is 0 Å². The lowest BCUT2D eigenvalue weighted by molar-refractivity contribution is -0.291. The topological polar surface area (TPSA) is 44.8 Å². The van der Waals surface area contributed by atoms with Crippen LogP contribution in [0.25, 0.3) is 0 Å². The van der Waals surface area contributed by atoms with Gasteiger partial charge in [-0.15, -0.1) is 0 Å². The van der Waals surface area contributed by atoms with Gasteiger partial charge in [-0.25, -0.2) is 4.57 Å². The first kappa shape index (κ1) is 14.8. The van der Waals surface area contributed by atoms with E-state index in [1.54, 1.807) is 0 Å². The molecule has 0 N–H and O–H groups in total. The second-order valence-corrected chi connectivity index (χ2v) is 4.97. The SMILES string of the molecule is O=P1(OCC(F)(F)C(F)(F)F)OCCCCO1. The van der Waals surface area contributed by atoms with Crippen molar-refractivity contribution in [3.05, 3.63) is 0 Å². The van der Waals surface area contributed by atoms with Crippen LogP contribution in [0.4, 0.5) is 22.0 Å². The van der Waals surface area contributed by atoms with Gasteiger partial charge in [-0.2, -0.15) is 22.0 Å². The number of rotatable bonds is 3. The van der Waals surface area contributed by atoms with E-state index in [0.29, 0.717) is 12.8 Å². The molecule has 0 aromatic rings. The van der Waals surface area contributed by atoms with E-state index in [-0.39, 0.29) is 13.2 Å². The molecule has 0 spiro atoms. The molecule has 0 radical (unpaired) electrons. The van der Waals surface area contributed by atoms with Crippen molar-refractivity contribution < 1.29 is 40.1 Å². The van der Waals surface area contributed by atoms with Gasteiger partial charge < -0.3 is 0 Å². The predicted molar refractivity (Wildman–Crippen MR) is 45.7 cm³/mol. The lowest BCUT2D eigenvalue weighted by Crippen LogP contribution is -2.40. The zero-order chi connectivity index (χ0) is 13.2. The Balaban J connectivity index is 2.57. The Kier molecular flexibility index (Phi) is 4.51. The second-order valence-electron chi connectivity index (χ2n) is 3.30. The first-order valence-corrected chi connectivity index (χ1v) is 6.11. The third-order valence-electron chi connectivity index (χ3n) is 1.86. The summed E-state index contributed by atoms with van der Waals surface area (Å²) in [6.45, 7) is -2.24. The number of halogens is 5. The van der Waals surface area contributed by atoms with Crippen LogP contribution in [-0.4, -0.2) is 31.9 Å². The Labute approximate surface area is 93.6 Å². The molecule has 0 aromatic heterocycles. The van der Waals surface area contributed by atoms with E-state index >= 15 is 0 Å². The Morgan fingerprint density at radius 1 is 1.06 bits per heavy atom. The van der Waals surface area contributed by atoms with Crippen LogP contribution in [0.5, 0.6) is 0 Å². The first-order chi connectivity index (χ1) is 7.66. The number of hydrogen-bond donors (Lipinski definition) is 0. The zero-order valence-corrected chi connectivity index (χ0v) is 9.40. The van der Waals surface area contributed by atoms with Crippen LogP contribution in [0.3, 0.4) is 0 Å². The van der Waals surface area contributed by atoms with Crippen LogP contribution in [0, 0.1) is 0 Å². The molecule has 1 heterocycles. The van der Waals surface area contributed by atoms with E-state index in [4.69, 9.17) is 0 Å². The molecule has 10 heteroatoms. The number of phosphoric ester groups is 1. The van der Waals surface area contributed by atoms with Gasteiger partial charge >= 0.3 is 19.9 Å². The predicted octanol–water partition coefficient (Wildman–Crippen LogP) is 3.14. The fourth-order valence-electron chi connectivity index (χ4n) is 0.911. The highest BCUT2D eigenvalue weighted by atomic mass is 31.2. The maximum atomic E-state index is 12.5. The summed E-state index contributed by atoms with van der Waals surface area (Å²) in [6.07, 6.45) is -4.84. The van der Waals surface area contributed by atoms with Crippen molar-refractivity contribution in [3.8, 4) is 0 Å². The molecule has 0 atom stereocenters. The quantitative estimate of drug-likeness (QED) is 0.590. The Hall–Kier alpha value is -0.240. The summed E-state index contributed by atoms with van der Waals surface area (Å²) in [5.74, 6) is -5.09. The standard InChI is InChI=1S/C7H10F5O4P/c8-6(9,7(10,11)12)5-16-17(13)14-3-1-2-4-15-17/h1-5H2. The molecule has 17 heavy (non-hydrogen) atoms. The molecule has 0 saturated carbocycles. The van der Waals surface area contributed by atoms with Crippen molar-refractivity contribution in [2.75, 3.05) is 19.8 Å². The summed E-state index contributed by atoms with van der Waals surface area (Å²) in [6, 6.07) is 0. The zero-order valence-electron chi connectivity index (χ0n) is 8.51. The highest BCUT2D eigenvalue weighted by molar-refractivity contribution is 7.48. The van der Waals surface area contributed by atoms with Crippen molar-refractivity contribution in [1.82, 2.24) is 0 Å². The van der Waals surface area contributed by atoms with Gasteiger partial charge in [0.15, 0.2) is 0 Å². The molecule has 1 aliphatic rings.